The van der Waals surface area contributed by atoms with Crippen molar-refractivity contribution in [1.29, 1.82) is 0 Å². The predicted molar refractivity (Wildman–Crippen MR) is 67.5 cm³/mol. The van der Waals surface area contributed by atoms with Gasteiger partial charge in [0.05, 0.1) is 6.10 Å². The van der Waals surface area contributed by atoms with E-state index >= 15 is 0 Å². The third-order valence-electron chi connectivity index (χ3n) is 1.91. The van der Waals surface area contributed by atoms with E-state index in [0.29, 0.717) is 24.8 Å². The Morgan fingerprint density at radius 2 is 2.44 bits per heavy atom. The molecule has 88 valence electrons. The Hall–Kier alpha value is -1.27. The minimum Gasteiger partial charge on any atom is -0.388 e. The van der Waals surface area contributed by atoms with Gasteiger partial charge in [-0.1, -0.05) is 12.2 Å². The normalized spacial score (nSPS) is 12.1. The molecule has 1 aromatic rings. The zero-order chi connectivity index (χ0) is 12.0. The van der Waals surface area contributed by atoms with Crippen LogP contribution < -0.4 is 11.1 Å². The van der Waals surface area contributed by atoms with Gasteiger partial charge in [0.2, 0.25) is 5.95 Å². The summed E-state index contributed by atoms with van der Waals surface area (Å²) in [6.07, 6.45) is 1.73. The van der Waals surface area contributed by atoms with E-state index < -0.39 is 0 Å². The maximum absolute atomic E-state index is 5.47. The molecule has 0 bridgehead atoms. The van der Waals surface area contributed by atoms with E-state index in [4.69, 9.17) is 22.7 Å². The summed E-state index contributed by atoms with van der Waals surface area (Å²) in [5.41, 5.74) is 6.04. The highest BCUT2D eigenvalue weighted by atomic mass is 32.1. The Bertz CT molecular complexity index is 358. The van der Waals surface area contributed by atoms with E-state index in [0.717, 1.165) is 0 Å². The summed E-state index contributed by atoms with van der Waals surface area (Å²) in [4.78, 5) is 8.49. The van der Waals surface area contributed by atoms with Gasteiger partial charge in [0.1, 0.15) is 10.7 Å². The number of thiocarbonyl (C=S) groups is 1. The second kappa shape index (κ2) is 6.34. The second-order valence-electron chi connectivity index (χ2n) is 3.28. The van der Waals surface area contributed by atoms with E-state index in [2.05, 4.69) is 15.3 Å². The Morgan fingerprint density at radius 1 is 1.69 bits per heavy atom. The van der Waals surface area contributed by atoms with Gasteiger partial charge in [-0.05, 0) is 19.9 Å². The summed E-state index contributed by atoms with van der Waals surface area (Å²) < 4.78 is 5.37. The molecule has 6 heteroatoms. The molecule has 0 amide bonds. The molecule has 0 saturated heterocycles. The van der Waals surface area contributed by atoms with Gasteiger partial charge in [-0.2, -0.15) is 0 Å². The van der Waals surface area contributed by atoms with E-state index in [9.17, 15) is 0 Å². The lowest BCUT2D eigenvalue weighted by atomic mass is 10.4. The van der Waals surface area contributed by atoms with Crippen molar-refractivity contribution in [2.75, 3.05) is 18.5 Å². The highest BCUT2D eigenvalue weighted by molar-refractivity contribution is 7.80. The number of hydrogen-bond donors (Lipinski definition) is 2. The van der Waals surface area contributed by atoms with Gasteiger partial charge in [-0.3, -0.25) is 0 Å². The molecule has 5 nitrogen and oxygen atoms in total. The van der Waals surface area contributed by atoms with Crippen molar-refractivity contribution in [3.8, 4) is 0 Å². The van der Waals surface area contributed by atoms with E-state index in [1.807, 2.05) is 13.8 Å². The van der Waals surface area contributed by atoms with Crippen LogP contribution in [0.15, 0.2) is 12.3 Å². The number of ether oxygens (including phenoxy) is 1. The largest absolute Gasteiger partial charge is 0.388 e. The van der Waals surface area contributed by atoms with Gasteiger partial charge in [0.25, 0.3) is 0 Å². The Labute approximate surface area is 100 Å². The maximum Gasteiger partial charge on any atom is 0.223 e. The second-order valence-corrected chi connectivity index (χ2v) is 3.72. The highest BCUT2D eigenvalue weighted by Crippen LogP contribution is 2.01. The van der Waals surface area contributed by atoms with Crippen LogP contribution in [0.2, 0.25) is 0 Å². The Morgan fingerprint density at radius 3 is 3.06 bits per heavy atom. The number of aromatic nitrogens is 2. The summed E-state index contributed by atoms with van der Waals surface area (Å²) in [5.74, 6) is 0.511. The molecule has 1 heterocycles. The monoisotopic (exact) mass is 240 g/mol. The summed E-state index contributed by atoms with van der Waals surface area (Å²) in [7, 11) is 0. The minimum atomic E-state index is 0.113. The molecule has 0 aliphatic heterocycles. The molecular formula is C10H16N4OS. The lowest BCUT2D eigenvalue weighted by molar-refractivity contribution is 0.0854. The zero-order valence-electron chi connectivity index (χ0n) is 9.43. The van der Waals surface area contributed by atoms with Gasteiger partial charge in [-0.15, -0.1) is 0 Å². The van der Waals surface area contributed by atoms with Crippen molar-refractivity contribution >= 4 is 23.2 Å². The zero-order valence-corrected chi connectivity index (χ0v) is 10.3. The van der Waals surface area contributed by atoms with Crippen LogP contribution in [0.4, 0.5) is 5.95 Å². The first-order valence-electron chi connectivity index (χ1n) is 5.11. The lowest BCUT2D eigenvalue weighted by Gasteiger charge is -2.12. The molecule has 0 aliphatic carbocycles. The van der Waals surface area contributed by atoms with Crippen LogP contribution in [-0.4, -0.2) is 34.2 Å². The van der Waals surface area contributed by atoms with Crippen molar-refractivity contribution in [2.24, 2.45) is 5.73 Å². The molecule has 1 atom stereocenters. The molecule has 1 rings (SSSR count). The fraction of sp³-hybridized carbons (Fsp3) is 0.500. The van der Waals surface area contributed by atoms with Gasteiger partial charge in [0.15, 0.2) is 0 Å². The molecule has 3 N–H and O–H groups in total. The molecule has 0 saturated carbocycles. The van der Waals surface area contributed by atoms with Crippen LogP contribution in [0.25, 0.3) is 0 Å². The third kappa shape index (κ3) is 4.08. The summed E-state index contributed by atoms with van der Waals surface area (Å²) in [6, 6.07) is 1.68. The number of nitrogens with two attached hydrogens (primary N) is 1. The first kappa shape index (κ1) is 12.8. The van der Waals surface area contributed by atoms with Gasteiger partial charge >= 0.3 is 0 Å². The fourth-order valence-corrected chi connectivity index (χ4v) is 1.27. The lowest BCUT2D eigenvalue weighted by Crippen LogP contribution is -2.21. The summed E-state index contributed by atoms with van der Waals surface area (Å²) in [5, 5.41) is 3.06. The van der Waals surface area contributed by atoms with Crippen molar-refractivity contribution in [3.05, 3.63) is 18.0 Å². The first-order chi connectivity index (χ1) is 7.63. The van der Waals surface area contributed by atoms with Gasteiger partial charge in [0, 0.05) is 19.3 Å². The SMILES string of the molecule is CCOC(C)CNc1nccc(C(N)=S)n1. The van der Waals surface area contributed by atoms with Crippen LogP contribution in [0.3, 0.4) is 0 Å². The van der Waals surface area contributed by atoms with Crippen molar-refractivity contribution in [1.82, 2.24) is 9.97 Å². The first-order valence-corrected chi connectivity index (χ1v) is 5.52. The topological polar surface area (TPSA) is 73.1 Å². The standard InChI is InChI=1S/C10H16N4OS/c1-3-15-7(2)6-13-10-12-5-4-8(14-10)9(11)16/h4-5,7H,3,6H2,1-2H3,(H2,11,16)(H,12,13,14). The summed E-state index contributed by atoms with van der Waals surface area (Å²) in [6.45, 7) is 5.28. The van der Waals surface area contributed by atoms with E-state index in [1.165, 1.54) is 0 Å². The quantitative estimate of drug-likeness (QED) is 0.721. The highest BCUT2D eigenvalue weighted by Gasteiger charge is 2.04. The molecule has 16 heavy (non-hydrogen) atoms. The minimum absolute atomic E-state index is 0.113. The van der Waals surface area contributed by atoms with Crippen LogP contribution in [0, 0.1) is 0 Å². The molecule has 0 spiro atoms. The Kier molecular flexibility index (Phi) is 5.07. The molecule has 1 unspecified atom stereocenters. The molecule has 0 aliphatic rings. The van der Waals surface area contributed by atoms with Crippen molar-refractivity contribution in [2.45, 2.75) is 20.0 Å². The van der Waals surface area contributed by atoms with Crippen molar-refractivity contribution < 1.29 is 4.74 Å². The molecule has 0 fully saturated rings. The molecule has 0 aromatic carbocycles. The molecule has 1 aromatic heterocycles. The van der Waals surface area contributed by atoms with Gasteiger partial charge < -0.3 is 15.8 Å². The molecular weight excluding hydrogens is 224 g/mol. The fourth-order valence-electron chi connectivity index (χ4n) is 1.16. The van der Waals surface area contributed by atoms with E-state index in [-0.39, 0.29) is 11.1 Å². The van der Waals surface area contributed by atoms with Gasteiger partial charge in [-0.25, -0.2) is 9.97 Å². The number of nitrogens with one attached hydrogen (secondary N) is 1. The Balaban J connectivity index is 2.54. The average molecular weight is 240 g/mol. The van der Waals surface area contributed by atoms with Crippen LogP contribution >= 0.6 is 12.2 Å². The number of rotatable bonds is 6. The van der Waals surface area contributed by atoms with E-state index in [1.54, 1.807) is 12.3 Å². The maximum atomic E-state index is 5.47. The average Bonchev–Trinajstić information content (AvgIpc) is 2.27. The third-order valence-corrected chi connectivity index (χ3v) is 2.12. The van der Waals surface area contributed by atoms with Crippen molar-refractivity contribution in [3.63, 3.8) is 0 Å². The number of anilines is 1. The number of nitrogens with zero attached hydrogens (tertiary/aromatic N) is 2. The summed E-state index contributed by atoms with van der Waals surface area (Å²) >= 11 is 4.83. The number of hydrogen-bond acceptors (Lipinski definition) is 5. The van der Waals surface area contributed by atoms with Crippen LogP contribution in [0.1, 0.15) is 19.5 Å². The van der Waals surface area contributed by atoms with Crippen LogP contribution in [-0.2, 0) is 4.74 Å². The van der Waals surface area contributed by atoms with Crippen LogP contribution in [0.5, 0.6) is 0 Å². The molecule has 0 radical (unpaired) electrons. The smallest absolute Gasteiger partial charge is 0.223 e. The predicted octanol–water partition coefficient (Wildman–Crippen LogP) is 0.948.